The molecule has 25 heavy (non-hydrogen) atoms. The lowest BCUT2D eigenvalue weighted by atomic mass is 10.0. The first-order chi connectivity index (χ1) is 12.0. The van der Waals surface area contributed by atoms with E-state index in [-0.39, 0.29) is 11.7 Å². The molecule has 130 valence electrons. The summed E-state index contributed by atoms with van der Waals surface area (Å²) in [5.41, 5.74) is -0.292. The molecule has 3 heterocycles. The second-order valence-electron chi connectivity index (χ2n) is 6.41. The van der Waals surface area contributed by atoms with E-state index in [1.165, 1.54) is 12.1 Å². The highest BCUT2D eigenvalue weighted by Crippen LogP contribution is 2.32. The van der Waals surface area contributed by atoms with Gasteiger partial charge in [-0.05, 0) is 49.7 Å². The summed E-state index contributed by atoms with van der Waals surface area (Å²) in [6.45, 7) is 3.39. The lowest BCUT2D eigenvalue weighted by molar-refractivity contribution is 0.0126. The van der Waals surface area contributed by atoms with E-state index in [2.05, 4.69) is 15.0 Å². The van der Waals surface area contributed by atoms with Crippen molar-refractivity contribution in [3.8, 4) is 11.3 Å². The number of nitrogens with zero attached hydrogens (tertiary/aromatic N) is 3. The fraction of sp³-hybridized carbons (Fsp3) is 0.333. The molecule has 0 aliphatic carbocycles. The summed E-state index contributed by atoms with van der Waals surface area (Å²) in [5, 5.41) is 14.5. The number of likely N-dealkylation sites (tertiary alicyclic amines) is 1. The lowest BCUT2D eigenvalue weighted by Crippen LogP contribution is -2.30. The Kier molecular flexibility index (Phi) is 3.89. The molecule has 1 saturated heterocycles. The van der Waals surface area contributed by atoms with Gasteiger partial charge in [0, 0.05) is 18.7 Å². The number of aromatic nitrogens is 2. The molecular formula is C18H18FN3O3. The van der Waals surface area contributed by atoms with Gasteiger partial charge in [0.25, 0.3) is 5.89 Å². The highest BCUT2D eigenvalue weighted by Gasteiger charge is 2.42. The number of hydrogen-bond acceptors (Lipinski definition) is 6. The molecule has 1 aromatic carbocycles. The maximum atomic E-state index is 13.0. The van der Waals surface area contributed by atoms with Crippen LogP contribution in [0.3, 0.4) is 0 Å². The van der Waals surface area contributed by atoms with Crippen LogP contribution in [0.15, 0.2) is 45.3 Å². The van der Waals surface area contributed by atoms with Crippen molar-refractivity contribution in [2.45, 2.75) is 25.5 Å². The maximum Gasteiger partial charge on any atom is 0.259 e. The summed E-state index contributed by atoms with van der Waals surface area (Å²) in [5.74, 6) is 1.97. The average Bonchev–Trinajstić information content (AvgIpc) is 3.30. The third-order valence-electron chi connectivity index (χ3n) is 4.42. The summed E-state index contributed by atoms with van der Waals surface area (Å²) >= 11 is 0. The van der Waals surface area contributed by atoms with Crippen molar-refractivity contribution in [2.75, 3.05) is 13.1 Å². The molecule has 6 nitrogen and oxygen atoms in total. The number of halogens is 1. The van der Waals surface area contributed by atoms with Crippen molar-refractivity contribution >= 4 is 0 Å². The zero-order valence-electron chi connectivity index (χ0n) is 13.8. The van der Waals surface area contributed by atoms with Crippen molar-refractivity contribution in [3.05, 3.63) is 59.7 Å². The fourth-order valence-electron chi connectivity index (χ4n) is 3.12. The van der Waals surface area contributed by atoms with Gasteiger partial charge in [0.05, 0.1) is 6.54 Å². The van der Waals surface area contributed by atoms with Crippen LogP contribution in [-0.2, 0) is 12.1 Å². The molecule has 1 fully saturated rings. The van der Waals surface area contributed by atoms with E-state index in [1.807, 2.05) is 12.1 Å². The summed E-state index contributed by atoms with van der Waals surface area (Å²) in [6.07, 6.45) is 0.528. The number of β-amino-alcohol motifs (C(OH)–C–C–N with tert-alkyl or cyclic N) is 1. The molecule has 0 saturated carbocycles. The average molecular weight is 343 g/mol. The molecule has 0 bridgehead atoms. The lowest BCUT2D eigenvalue weighted by Gasteiger charge is -2.18. The molecular weight excluding hydrogens is 325 g/mol. The Labute approximate surface area is 143 Å². The van der Waals surface area contributed by atoms with Crippen LogP contribution < -0.4 is 0 Å². The van der Waals surface area contributed by atoms with Crippen LogP contribution in [0.25, 0.3) is 11.3 Å². The molecule has 1 aliphatic rings. The van der Waals surface area contributed by atoms with Crippen LogP contribution >= 0.6 is 0 Å². The Morgan fingerprint density at radius 1 is 1.24 bits per heavy atom. The van der Waals surface area contributed by atoms with Crippen LogP contribution in [0.1, 0.15) is 23.9 Å². The second-order valence-corrected chi connectivity index (χ2v) is 6.41. The van der Waals surface area contributed by atoms with Gasteiger partial charge in [0.15, 0.2) is 11.4 Å². The normalized spacial score (nSPS) is 21.1. The van der Waals surface area contributed by atoms with E-state index in [0.717, 1.165) is 11.3 Å². The van der Waals surface area contributed by atoms with Gasteiger partial charge in [-0.15, -0.1) is 0 Å². The number of rotatable bonds is 4. The highest BCUT2D eigenvalue weighted by atomic mass is 19.1. The minimum atomic E-state index is -1.12. The summed E-state index contributed by atoms with van der Waals surface area (Å²) in [4.78, 5) is 6.22. The van der Waals surface area contributed by atoms with E-state index in [9.17, 15) is 9.50 Å². The van der Waals surface area contributed by atoms with Crippen LogP contribution in [0, 0.1) is 12.7 Å². The van der Waals surface area contributed by atoms with Crippen LogP contribution in [0.5, 0.6) is 0 Å². The molecule has 1 aliphatic heterocycles. The zero-order chi connectivity index (χ0) is 17.4. The predicted molar refractivity (Wildman–Crippen MR) is 86.9 cm³/mol. The Morgan fingerprint density at radius 3 is 2.76 bits per heavy atom. The minimum absolute atomic E-state index is 0.263. The molecule has 0 radical (unpaired) electrons. The van der Waals surface area contributed by atoms with Crippen molar-refractivity contribution in [1.29, 1.82) is 0 Å². The Hall–Kier alpha value is -2.51. The van der Waals surface area contributed by atoms with E-state index in [1.54, 1.807) is 19.1 Å². The van der Waals surface area contributed by atoms with E-state index in [4.69, 9.17) is 8.94 Å². The molecule has 1 unspecified atom stereocenters. The minimum Gasteiger partial charge on any atom is -0.460 e. The maximum absolute atomic E-state index is 13.0. The molecule has 7 heteroatoms. The topological polar surface area (TPSA) is 75.5 Å². The smallest absolute Gasteiger partial charge is 0.259 e. The van der Waals surface area contributed by atoms with Crippen molar-refractivity contribution in [2.24, 2.45) is 0 Å². The Balaban J connectivity index is 1.44. The SMILES string of the molecule is Cc1noc(C2(O)CCN(Cc3ccc(-c4ccc(F)cc4)o3)C2)n1. The molecule has 1 N–H and O–H groups in total. The number of hydrogen-bond donors (Lipinski definition) is 1. The largest absolute Gasteiger partial charge is 0.460 e. The summed E-state index contributed by atoms with van der Waals surface area (Å²) < 4.78 is 24.0. The van der Waals surface area contributed by atoms with Crippen molar-refractivity contribution in [1.82, 2.24) is 15.0 Å². The van der Waals surface area contributed by atoms with Crippen LogP contribution in [0.4, 0.5) is 4.39 Å². The summed E-state index contributed by atoms with van der Waals surface area (Å²) in [7, 11) is 0. The van der Waals surface area contributed by atoms with Gasteiger partial charge in [-0.1, -0.05) is 5.16 Å². The van der Waals surface area contributed by atoms with E-state index >= 15 is 0 Å². The standard InChI is InChI=1S/C18H18FN3O3/c1-12-20-17(25-21-12)18(23)8-9-22(11-18)10-15-6-7-16(24-15)13-2-4-14(19)5-3-13/h2-7,23H,8-11H2,1H3. The first-order valence-corrected chi connectivity index (χ1v) is 8.12. The monoisotopic (exact) mass is 343 g/mol. The first-order valence-electron chi connectivity index (χ1n) is 8.12. The quantitative estimate of drug-likeness (QED) is 0.785. The summed E-state index contributed by atoms with van der Waals surface area (Å²) in [6, 6.07) is 9.95. The van der Waals surface area contributed by atoms with Gasteiger partial charge in [-0.25, -0.2) is 4.39 Å². The number of aliphatic hydroxyl groups is 1. The Bertz CT molecular complexity index is 874. The molecule has 0 amide bonds. The number of furan rings is 1. The predicted octanol–water partition coefficient (Wildman–Crippen LogP) is 2.87. The first kappa shape index (κ1) is 16.0. The highest BCUT2D eigenvalue weighted by molar-refractivity contribution is 5.57. The molecule has 0 spiro atoms. The van der Waals surface area contributed by atoms with Gasteiger partial charge in [0.2, 0.25) is 0 Å². The van der Waals surface area contributed by atoms with Gasteiger partial charge >= 0.3 is 0 Å². The van der Waals surface area contributed by atoms with Gasteiger partial charge in [0.1, 0.15) is 17.3 Å². The molecule has 4 rings (SSSR count). The van der Waals surface area contributed by atoms with Gasteiger partial charge in [-0.2, -0.15) is 4.98 Å². The molecule has 1 atom stereocenters. The fourth-order valence-corrected chi connectivity index (χ4v) is 3.12. The van der Waals surface area contributed by atoms with Crippen LogP contribution in [0.2, 0.25) is 0 Å². The van der Waals surface area contributed by atoms with E-state index < -0.39 is 5.60 Å². The molecule has 2 aromatic heterocycles. The molecule has 3 aromatic rings. The number of aryl methyl sites for hydroxylation is 1. The van der Waals surface area contributed by atoms with Crippen molar-refractivity contribution < 1.29 is 18.4 Å². The second kappa shape index (κ2) is 6.09. The third kappa shape index (κ3) is 3.20. The third-order valence-corrected chi connectivity index (χ3v) is 4.42. The van der Waals surface area contributed by atoms with Crippen LogP contribution in [-0.4, -0.2) is 33.2 Å². The van der Waals surface area contributed by atoms with Gasteiger partial charge in [-0.3, -0.25) is 4.90 Å². The van der Waals surface area contributed by atoms with Gasteiger partial charge < -0.3 is 14.0 Å². The Morgan fingerprint density at radius 2 is 2.04 bits per heavy atom. The number of benzene rings is 1. The van der Waals surface area contributed by atoms with E-state index in [0.29, 0.717) is 37.6 Å². The zero-order valence-corrected chi connectivity index (χ0v) is 13.8. The van der Waals surface area contributed by atoms with Crippen molar-refractivity contribution in [3.63, 3.8) is 0 Å².